The predicted octanol–water partition coefficient (Wildman–Crippen LogP) is 3.95. The third-order valence-electron chi connectivity index (χ3n) is 3.67. The molecule has 3 rings (SSSR count). The lowest BCUT2D eigenvalue weighted by Crippen LogP contribution is -2.30. The van der Waals surface area contributed by atoms with Gasteiger partial charge in [-0.3, -0.25) is 19.9 Å². The number of amides is 1. The number of rotatable bonds is 6. The molecule has 1 amide bonds. The molecule has 0 spiro atoms. The van der Waals surface area contributed by atoms with Crippen molar-refractivity contribution < 1.29 is 19.2 Å². The van der Waals surface area contributed by atoms with Crippen LogP contribution in [0.25, 0.3) is 10.7 Å². The quantitative estimate of drug-likeness (QED) is 0.355. The SMILES string of the molecule is C[C@@H](OC(=O)c1csc(-c2ccccn2)n1)C(=O)Nc1cc([N+](=O)[O-])ccc1Cl. The van der Waals surface area contributed by atoms with Gasteiger partial charge in [0.25, 0.3) is 11.6 Å². The number of pyridine rings is 1. The van der Waals surface area contributed by atoms with E-state index in [9.17, 15) is 19.7 Å². The van der Waals surface area contributed by atoms with Gasteiger partial charge in [0, 0.05) is 23.7 Å². The number of anilines is 1. The number of aromatic nitrogens is 2. The third-order valence-corrected chi connectivity index (χ3v) is 4.86. The number of nitrogens with one attached hydrogen (secondary N) is 1. The van der Waals surface area contributed by atoms with Gasteiger partial charge in [-0.1, -0.05) is 17.7 Å². The number of halogens is 1. The van der Waals surface area contributed by atoms with Crippen LogP contribution in [0.15, 0.2) is 48.0 Å². The second-order valence-corrected chi connectivity index (χ2v) is 6.98. The number of carbonyl (C=O) groups excluding carboxylic acids is 2. The van der Waals surface area contributed by atoms with E-state index < -0.39 is 22.9 Å². The fourth-order valence-electron chi connectivity index (χ4n) is 2.21. The summed E-state index contributed by atoms with van der Waals surface area (Å²) in [6, 6.07) is 8.94. The molecule has 0 radical (unpaired) electrons. The molecule has 0 saturated carbocycles. The maximum atomic E-state index is 12.3. The average molecular weight is 433 g/mol. The van der Waals surface area contributed by atoms with E-state index in [0.29, 0.717) is 10.7 Å². The van der Waals surface area contributed by atoms with E-state index in [-0.39, 0.29) is 22.1 Å². The van der Waals surface area contributed by atoms with Crippen molar-refractivity contribution in [3.05, 3.63) is 68.8 Å². The molecule has 0 fully saturated rings. The van der Waals surface area contributed by atoms with Gasteiger partial charge in [-0.05, 0) is 25.1 Å². The van der Waals surface area contributed by atoms with Gasteiger partial charge < -0.3 is 10.1 Å². The van der Waals surface area contributed by atoms with E-state index in [2.05, 4.69) is 15.3 Å². The van der Waals surface area contributed by atoms with Crippen molar-refractivity contribution in [3.8, 4) is 10.7 Å². The highest BCUT2D eigenvalue weighted by molar-refractivity contribution is 7.13. The Kier molecular flexibility index (Phi) is 6.15. The summed E-state index contributed by atoms with van der Waals surface area (Å²) >= 11 is 7.17. The van der Waals surface area contributed by atoms with Crippen LogP contribution in [0.1, 0.15) is 17.4 Å². The van der Waals surface area contributed by atoms with E-state index in [1.165, 1.54) is 35.8 Å². The second-order valence-electron chi connectivity index (χ2n) is 5.71. The Balaban J connectivity index is 1.66. The highest BCUT2D eigenvalue weighted by Gasteiger charge is 2.22. The summed E-state index contributed by atoms with van der Waals surface area (Å²) in [7, 11) is 0. The van der Waals surface area contributed by atoms with Gasteiger partial charge in [0.2, 0.25) is 0 Å². The zero-order chi connectivity index (χ0) is 21.0. The molecule has 1 N–H and O–H groups in total. The molecule has 3 aromatic rings. The van der Waals surface area contributed by atoms with Gasteiger partial charge in [-0.25, -0.2) is 9.78 Å². The minimum Gasteiger partial charge on any atom is -0.448 e. The maximum absolute atomic E-state index is 12.3. The van der Waals surface area contributed by atoms with Crippen molar-refractivity contribution in [3.63, 3.8) is 0 Å². The van der Waals surface area contributed by atoms with Gasteiger partial charge in [-0.15, -0.1) is 11.3 Å². The van der Waals surface area contributed by atoms with Crippen LogP contribution in [-0.2, 0) is 9.53 Å². The number of nitro groups is 1. The Morgan fingerprint density at radius 3 is 2.79 bits per heavy atom. The molecule has 0 aliphatic rings. The topological polar surface area (TPSA) is 124 Å². The van der Waals surface area contributed by atoms with Crippen LogP contribution in [0.3, 0.4) is 0 Å². The van der Waals surface area contributed by atoms with Crippen molar-refractivity contribution in [1.82, 2.24) is 9.97 Å². The highest BCUT2D eigenvalue weighted by atomic mass is 35.5. The Labute approximate surface area is 173 Å². The average Bonchev–Trinajstić information content (AvgIpc) is 3.20. The predicted molar refractivity (Wildman–Crippen MR) is 107 cm³/mol. The number of hydrogen-bond donors (Lipinski definition) is 1. The van der Waals surface area contributed by atoms with Crippen molar-refractivity contribution in [2.75, 3.05) is 5.32 Å². The minimum absolute atomic E-state index is 0.0415. The van der Waals surface area contributed by atoms with E-state index in [1.54, 1.807) is 24.4 Å². The number of benzene rings is 1. The van der Waals surface area contributed by atoms with Crippen molar-refractivity contribution >= 4 is 46.2 Å². The number of carbonyl (C=O) groups is 2. The highest BCUT2D eigenvalue weighted by Crippen LogP contribution is 2.27. The first-order chi connectivity index (χ1) is 13.8. The van der Waals surface area contributed by atoms with Gasteiger partial charge in [-0.2, -0.15) is 0 Å². The van der Waals surface area contributed by atoms with E-state index in [4.69, 9.17) is 16.3 Å². The smallest absolute Gasteiger partial charge is 0.358 e. The fourth-order valence-corrected chi connectivity index (χ4v) is 3.14. The van der Waals surface area contributed by atoms with E-state index >= 15 is 0 Å². The summed E-state index contributed by atoms with van der Waals surface area (Å²) < 4.78 is 5.13. The van der Waals surface area contributed by atoms with Crippen LogP contribution < -0.4 is 5.32 Å². The summed E-state index contributed by atoms with van der Waals surface area (Å²) in [4.78, 5) is 43.1. The van der Waals surface area contributed by atoms with Crippen LogP contribution >= 0.6 is 22.9 Å². The van der Waals surface area contributed by atoms with Gasteiger partial charge in [0.05, 0.1) is 21.3 Å². The lowest BCUT2D eigenvalue weighted by atomic mass is 10.2. The molecule has 1 aromatic carbocycles. The molecule has 2 heterocycles. The van der Waals surface area contributed by atoms with Crippen LogP contribution in [0, 0.1) is 10.1 Å². The van der Waals surface area contributed by atoms with E-state index in [0.717, 1.165) is 6.07 Å². The lowest BCUT2D eigenvalue weighted by molar-refractivity contribution is -0.384. The first kappa shape index (κ1) is 20.4. The van der Waals surface area contributed by atoms with Crippen LogP contribution in [-0.4, -0.2) is 32.9 Å². The molecule has 0 bridgehead atoms. The summed E-state index contributed by atoms with van der Waals surface area (Å²) in [5, 5.41) is 15.4. The summed E-state index contributed by atoms with van der Waals surface area (Å²) in [6.45, 7) is 1.37. The molecular formula is C18H13ClN4O5S. The first-order valence-corrected chi connectivity index (χ1v) is 9.43. The van der Waals surface area contributed by atoms with Crippen LogP contribution in [0.4, 0.5) is 11.4 Å². The zero-order valence-corrected chi connectivity index (χ0v) is 16.4. The second kappa shape index (κ2) is 8.76. The number of ether oxygens (including phenoxy) is 1. The fraction of sp³-hybridized carbons (Fsp3) is 0.111. The Morgan fingerprint density at radius 2 is 2.10 bits per heavy atom. The monoisotopic (exact) mass is 432 g/mol. The number of nitrogens with zero attached hydrogens (tertiary/aromatic N) is 3. The van der Waals surface area contributed by atoms with Gasteiger partial charge in [0.1, 0.15) is 5.01 Å². The first-order valence-electron chi connectivity index (χ1n) is 8.18. The molecule has 0 aliphatic heterocycles. The summed E-state index contributed by atoms with van der Waals surface area (Å²) in [6.07, 6.45) is 0.429. The molecule has 9 nitrogen and oxygen atoms in total. The molecule has 2 aromatic heterocycles. The number of non-ortho nitro benzene ring substituents is 1. The largest absolute Gasteiger partial charge is 0.448 e. The zero-order valence-electron chi connectivity index (χ0n) is 14.9. The maximum Gasteiger partial charge on any atom is 0.358 e. The molecule has 148 valence electrons. The van der Waals surface area contributed by atoms with Gasteiger partial charge >= 0.3 is 5.97 Å². The van der Waals surface area contributed by atoms with Crippen molar-refractivity contribution in [1.29, 1.82) is 0 Å². The number of hydrogen-bond acceptors (Lipinski definition) is 8. The summed E-state index contributed by atoms with van der Waals surface area (Å²) in [5.41, 5.74) is 0.463. The standard InChI is InChI=1S/C18H13ClN4O5S/c1-10(16(24)21-14-8-11(23(26)27)5-6-12(14)19)28-18(25)15-9-29-17(22-15)13-4-2-3-7-20-13/h2-10H,1H3,(H,21,24)/t10-/m1/s1. The van der Waals surface area contributed by atoms with Crippen LogP contribution in [0.2, 0.25) is 5.02 Å². The van der Waals surface area contributed by atoms with E-state index in [1.807, 2.05) is 0 Å². The van der Waals surface area contributed by atoms with Gasteiger partial charge in [0.15, 0.2) is 11.8 Å². The lowest BCUT2D eigenvalue weighted by Gasteiger charge is -2.13. The molecule has 1 atom stereocenters. The Bertz CT molecular complexity index is 1070. The van der Waals surface area contributed by atoms with Crippen molar-refractivity contribution in [2.45, 2.75) is 13.0 Å². The number of nitro benzene ring substituents is 1. The molecular weight excluding hydrogens is 420 g/mol. The Hall–Kier alpha value is -3.37. The molecule has 29 heavy (non-hydrogen) atoms. The molecule has 0 unspecified atom stereocenters. The minimum atomic E-state index is -1.18. The molecule has 11 heteroatoms. The van der Waals surface area contributed by atoms with Crippen molar-refractivity contribution in [2.24, 2.45) is 0 Å². The number of thiazole rings is 1. The molecule has 0 aliphatic carbocycles. The molecule has 0 saturated heterocycles. The summed E-state index contributed by atoms with van der Waals surface area (Å²) in [5.74, 6) is -1.47. The van der Waals surface area contributed by atoms with Crippen LogP contribution in [0.5, 0.6) is 0 Å². The normalized spacial score (nSPS) is 11.5. The Morgan fingerprint density at radius 1 is 1.31 bits per heavy atom. The third kappa shape index (κ3) is 4.92. The number of esters is 1.